The van der Waals surface area contributed by atoms with E-state index in [-0.39, 0.29) is 0 Å². The molecule has 2 heteroatoms. The van der Waals surface area contributed by atoms with Crippen molar-refractivity contribution in [3.8, 4) is 0 Å². The first-order chi connectivity index (χ1) is 15.2. The van der Waals surface area contributed by atoms with Gasteiger partial charge in [-0.1, -0.05) is 84.2 Å². The number of hydrogen-bond acceptors (Lipinski definition) is 2. The molecule has 3 fully saturated rings. The Morgan fingerprint density at radius 1 is 1.06 bits per heavy atom. The molecule has 0 N–H and O–H groups in total. The predicted molar refractivity (Wildman–Crippen MR) is 140 cm³/mol. The number of carbonyl (C=O) groups excluding carboxylic acids is 1. The van der Waals surface area contributed by atoms with Gasteiger partial charge >= 0.3 is 0 Å². The van der Waals surface area contributed by atoms with Gasteiger partial charge in [0.1, 0.15) is 0 Å². The minimum atomic E-state index is 0.390. The number of thioether (sulfide) groups is 1. The highest BCUT2D eigenvalue weighted by atomic mass is 32.2. The van der Waals surface area contributed by atoms with Gasteiger partial charge in [0.25, 0.3) is 0 Å². The molecular formula is C30H50OS. The zero-order valence-electron chi connectivity index (χ0n) is 21.9. The summed E-state index contributed by atoms with van der Waals surface area (Å²) in [4.78, 5) is 12.0. The molecule has 0 spiro atoms. The van der Waals surface area contributed by atoms with Crippen molar-refractivity contribution < 1.29 is 4.79 Å². The fourth-order valence-electron chi connectivity index (χ4n) is 9.02. The molecule has 0 aliphatic heterocycles. The van der Waals surface area contributed by atoms with Crippen LogP contribution in [-0.4, -0.2) is 10.4 Å². The van der Waals surface area contributed by atoms with Gasteiger partial charge in [-0.15, -0.1) is 0 Å². The van der Waals surface area contributed by atoms with Gasteiger partial charge in [0, 0.05) is 11.7 Å². The summed E-state index contributed by atoms with van der Waals surface area (Å²) in [6.07, 6.45) is 18.6. The molecular weight excluding hydrogens is 408 g/mol. The molecule has 3 saturated carbocycles. The molecule has 4 rings (SSSR count). The summed E-state index contributed by atoms with van der Waals surface area (Å²) in [5, 5.41) is 0.926. The van der Waals surface area contributed by atoms with Crippen LogP contribution in [0.5, 0.6) is 0 Å². The lowest BCUT2D eigenvalue weighted by Crippen LogP contribution is -2.50. The van der Waals surface area contributed by atoms with Crippen LogP contribution in [0.2, 0.25) is 0 Å². The second-order valence-corrected chi connectivity index (χ2v) is 14.4. The SMILES string of the molecule is CCC(=O)S[C@H]1CC[C@@]2(C)C(=CC[C@H]3[C@@H]4CC[C@H]([C@@H](C)CCCC(C)C)[C@@]4(C)CC[C@@H]32)C1. The number of hydrogen-bond donors (Lipinski definition) is 0. The number of allylic oxidation sites excluding steroid dienone is 2. The van der Waals surface area contributed by atoms with Crippen molar-refractivity contribution in [1.82, 2.24) is 0 Å². The minimum absolute atomic E-state index is 0.390. The van der Waals surface area contributed by atoms with Gasteiger partial charge in [-0.25, -0.2) is 0 Å². The van der Waals surface area contributed by atoms with Gasteiger partial charge in [0.15, 0.2) is 5.12 Å². The van der Waals surface area contributed by atoms with E-state index < -0.39 is 0 Å². The van der Waals surface area contributed by atoms with E-state index in [1.165, 1.54) is 70.6 Å². The molecule has 0 aromatic carbocycles. The van der Waals surface area contributed by atoms with Crippen LogP contribution in [0.3, 0.4) is 0 Å². The molecule has 0 saturated heterocycles. The maximum Gasteiger partial charge on any atom is 0.188 e. The highest BCUT2D eigenvalue weighted by Gasteiger charge is 2.59. The summed E-state index contributed by atoms with van der Waals surface area (Å²) in [6, 6.07) is 0. The van der Waals surface area contributed by atoms with Crippen molar-refractivity contribution in [2.24, 2.45) is 46.3 Å². The summed E-state index contributed by atoms with van der Waals surface area (Å²) >= 11 is 1.65. The lowest BCUT2D eigenvalue weighted by atomic mass is 9.47. The predicted octanol–water partition coefficient (Wildman–Crippen LogP) is 9.07. The first-order valence-corrected chi connectivity index (χ1v) is 15.0. The first-order valence-electron chi connectivity index (χ1n) is 14.1. The van der Waals surface area contributed by atoms with Crippen LogP contribution in [0.1, 0.15) is 119 Å². The molecule has 32 heavy (non-hydrogen) atoms. The molecule has 0 amide bonds. The molecule has 4 aliphatic carbocycles. The Hall–Kier alpha value is -0.240. The molecule has 0 bridgehead atoms. The largest absolute Gasteiger partial charge is 0.287 e. The lowest BCUT2D eigenvalue weighted by Gasteiger charge is -2.58. The van der Waals surface area contributed by atoms with Crippen LogP contribution in [-0.2, 0) is 4.79 Å². The van der Waals surface area contributed by atoms with E-state index in [0.717, 1.165) is 35.5 Å². The average molecular weight is 459 g/mol. The van der Waals surface area contributed by atoms with Crippen molar-refractivity contribution in [1.29, 1.82) is 0 Å². The monoisotopic (exact) mass is 458 g/mol. The highest BCUT2D eigenvalue weighted by molar-refractivity contribution is 8.14. The van der Waals surface area contributed by atoms with Crippen LogP contribution in [0.25, 0.3) is 0 Å². The standard InChI is InChI=1S/C30H50OS/c1-7-28(31)32-23-15-17-29(5)22(19-23)11-12-24-26-14-13-25(21(4)10-8-9-20(2)3)30(26,6)18-16-27(24)29/h11,20-21,23-27H,7-10,12-19H2,1-6H3/t21-,23-,24-,25+,26-,27-,29-,30+/m0/s1. The summed E-state index contributed by atoms with van der Waals surface area (Å²) in [7, 11) is 0. The van der Waals surface area contributed by atoms with Crippen molar-refractivity contribution in [2.45, 2.75) is 124 Å². The summed E-state index contributed by atoms with van der Waals surface area (Å²) < 4.78 is 0. The van der Waals surface area contributed by atoms with E-state index in [1.807, 2.05) is 6.92 Å². The van der Waals surface area contributed by atoms with Crippen LogP contribution in [0.15, 0.2) is 11.6 Å². The van der Waals surface area contributed by atoms with E-state index in [1.54, 1.807) is 17.3 Å². The smallest absolute Gasteiger partial charge is 0.188 e. The molecule has 0 aromatic heterocycles. The Labute approximate surface area is 203 Å². The highest BCUT2D eigenvalue weighted by Crippen LogP contribution is 2.67. The topological polar surface area (TPSA) is 17.1 Å². The van der Waals surface area contributed by atoms with Gasteiger partial charge in [-0.3, -0.25) is 4.79 Å². The van der Waals surface area contributed by atoms with Crippen molar-refractivity contribution >= 4 is 16.9 Å². The Kier molecular flexibility index (Phi) is 7.61. The molecule has 4 aliphatic rings. The Bertz CT molecular complexity index is 710. The van der Waals surface area contributed by atoms with Gasteiger partial charge in [-0.2, -0.15) is 0 Å². The fraction of sp³-hybridized carbons (Fsp3) is 0.900. The average Bonchev–Trinajstić information content (AvgIpc) is 3.11. The van der Waals surface area contributed by atoms with Crippen LogP contribution >= 0.6 is 11.8 Å². The fourth-order valence-corrected chi connectivity index (χ4v) is 10.1. The molecule has 0 unspecified atom stereocenters. The summed E-state index contributed by atoms with van der Waals surface area (Å²) in [5.74, 6) is 5.45. The molecule has 0 aromatic rings. The Morgan fingerprint density at radius 2 is 1.84 bits per heavy atom. The van der Waals surface area contributed by atoms with E-state index in [9.17, 15) is 4.79 Å². The van der Waals surface area contributed by atoms with Gasteiger partial charge in [0.2, 0.25) is 0 Å². The normalized spacial score (nSPS) is 42.1. The quantitative estimate of drug-likeness (QED) is 0.354. The van der Waals surface area contributed by atoms with Crippen molar-refractivity contribution in [3.05, 3.63) is 11.6 Å². The molecule has 0 radical (unpaired) electrons. The van der Waals surface area contributed by atoms with E-state index in [0.29, 0.717) is 27.6 Å². The lowest BCUT2D eigenvalue weighted by molar-refractivity contribution is -0.110. The molecule has 0 heterocycles. The van der Waals surface area contributed by atoms with Crippen molar-refractivity contribution in [2.75, 3.05) is 0 Å². The zero-order chi connectivity index (χ0) is 23.1. The first kappa shape index (κ1) is 24.9. The van der Waals surface area contributed by atoms with Crippen LogP contribution in [0.4, 0.5) is 0 Å². The van der Waals surface area contributed by atoms with E-state index in [4.69, 9.17) is 0 Å². The van der Waals surface area contributed by atoms with E-state index in [2.05, 4.69) is 40.7 Å². The van der Waals surface area contributed by atoms with Crippen molar-refractivity contribution in [3.63, 3.8) is 0 Å². The summed E-state index contributed by atoms with van der Waals surface area (Å²) in [6.45, 7) is 14.7. The third kappa shape index (κ3) is 4.52. The van der Waals surface area contributed by atoms with Gasteiger partial charge < -0.3 is 0 Å². The number of rotatable bonds is 7. The van der Waals surface area contributed by atoms with Gasteiger partial charge in [0.05, 0.1) is 0 Å². The van der Waals surface area contributed by atoms with Crippen LogP contribution in [0, 0.1) is 46.3 Å². The number of fused-ring (bicyclic) bond motifs is 5. The summed E-state index contributed by atoms with van der Waals surface area (Å²) in [5.41, 5.74) is 2.73. The Balaban J connectivity index is 1.45. The zero-order valence-corrected chi connectivity index (χ0v) is 22.7. The second kappa shape index (κ2) is 9.79. The molecule has 182 valence electrons. The Morgan fingerprint density at radius 3 is 2.56 bits per heavy atom. The van der Waals surface area contributed by atoms with Crippen LogP contribution < -0.4 is 0 Å². The molecule has 1 nitrogen and oxygen atoms in total. The second-order valence-electron chi connectivity index (χ2n) is 13.0. The maximum absolute atomic E-state index is 12.0. The molecule has 8 atom stereocenters. The number of carbonyl (C=O) groups is 1. The van der Waals surface area contributed by atoms with E-state index >= 15 is 0 Å². The third-order valence-electron chi connectivity index (χ3n) is 10.8. The third-order valence-corrected chi connectivity index (χ3v) is 12.1. The van der Waals surface area contributed by atoms with Gasteiger partial charge in [-0.05, 0) is 97.7 Å². The minimum Gasteiger partial charge on any atom is -0.287 e. The maximum atomic E-state index is 12.0.